The SMILES string of the molecule is CN1c2cc3c(-c4ccncc4)n[nH]c3cc2NC(=O)C1(C)Cc1ccccc1. The summed E-state index contributed by atoms with van der Waals surface area (Å²) in [4.78, 5) is 19.2. The van der Waals surface area contributed by atoms with E-state index in [0.29, 0.717) is 6.42 Å². The molecule has 1 amide bonds. The van der Waals surface area contributed by atoms with E-state index in [0.717, 1.165) is 39.1 Å². The second kappa shape index (κ2) is 6.44. The molecule has 2 aromatic carbocycles. The van der Waals surface area contributed by atoms with E-state index < -0.39 is 5.54 Å². The Bertz CT molecular complexity index is 1200. The molecule has 1 unspecified atom stereocenters. The fraction of sp³-hybridized carbons (Fsp3) is 0.174. The number of carbonyl (C=O) groups excluding carboxylic acids is 1. The van der Waals surface area contributed by atoms with Crippen molar-refractivity contribution in [2.75, 3.05) is 17.3 Å². The molecule has 0 fully saturated rings. The van der Waals surface area contributed by atoms with Crippen molar-refractivity contribution in [3.63, 3.8) is 0 Å². The molecule has 2 aromatic heterocycles. The smallest absolute Gasteiger partial charge is 0.250 e. The van der Waals surface area contributed by atoms with Crippen molar-refractivity contribution < 1.29 is 4.79 Å². The van der Waals surface area contributed by atoms with Crippen LogP contribution in [0.25, 0.3) is 22.2 Å². The Morgan fingerprint density at radius 1 is 1.07 bits per heavy atom. The van der Waals surface area contributed by atoms with Crippen LogP contribution in [0.2, 0.25) is 0 Å². The molecule has 0 bridgehead atoms. The average molecular weight is 383 g/mol. The first kappa shape index (κ1) is 17.4. The minimum Gasteiger partial charge on any atom is -0.358 e. The van der Waals surface area contributed by atoms with Crippen LogP contribution in [-0.2, 0) is 11.2 Å². The molecule has 0 saturated carbocycles. The zero-order chi connectivity index (χ0) is 20.0. The molecule has 3 heterocycles. The van der Waals surface area contributed by atoms with Gasteiger partial charge in [-0.2, -0.15) is 5.10 Å². The van der Waals surface area contributed by atoms with Crippen molar-refractivity contribution >= 4 is 28.2 Å². The highest BCUT2D eigenvalue weighted by atomic mass is 16.2. The summed E-state index contributed by atoms with van der Waals surface area (Å²) in [6, 6.07) is 18.1. The van der Waals surface area contributed by atoms with Crippen molar-refractivity contribution in [3.8, 4) is 11.3 Å². The molecule has 144 valence electrons. The summed E-state index contributed by atoms with van der Waals surface area (Å²) >= 11 is 0. The number of hydrogen-bond donors (Lipinski definition) is 2. The van der Waals surface area contributed by atoms with Crippen LogP contribution in [0.4, 0.5) is 11.4 Å². The molecule has 0 radical (unpaired) electrons. The molecule has 1 aliphatic rings. The summed E-state index contributed by atoms with van der Waals surface area (Å²) < 4.78 is 0. The number of nitrogens with zero attached hydrogens (tertiary/aromatic N) is 3. The van der Waals surface area contributed by atoms with E-state index in [1.807, 2.05) is 50.4 Å². The van der Waals surface area contributed by atoms with Crippen LogP contribution < -0.4 is 10.2 Å². The number of anilines is 2. The van der Waals surface area contributed by atoms with Crippen LogP contribution >= 0.6 is 0 Å². The van der Waals surface area contributed by atoms with Gasteiger partial charge in [-0.15, -0.1) is 0 Å². The van der Waals surface area contributed by atoms with E-state index in [9.17, 15) is 4.79 Å². The Kier molecular flexibility index (Phi) is 3.87. The Morgan fingerprint density at radius 3 is 2.59 bits per heavy atom. The molecule has 1 atom stereocenters. The van der Waals surface area contributed by atoms with Gasteiger partial charge in [0.15, 0.2) is 0 Å². The maximum absolute atomic E-state index is 13.1. The molecule has 1 aliphatic heterocycles. The van der Waals surface area contributed by atoms with E-state index in [1.165, 1.54) is 0 Å². The predicted octanol–water partition coefficient (Wildman–Crippen LogP) is 4.01. The third kappa shape index (κ3) is 2.76. The van der Waals surface area contributed by atoms with E-state index in [1.54, 1.807) is 12.4 Å². The summed E-state index contributed by atoms with van der Waals surface area (Å²) in [7, 11) is 1.98. The second-order valence-electron chi connectivity index (χ2n) is 7.67. The molecule has 0 aliphatic carbocycles. The van der Waals surface area contributed by atoms with Crippen molar-refractivity contribution in [3.05, 3.63) is 72.6 Å². The number of aromatic nitrogens is 3. The van der Waals surface area contributed by atoms with Gasteiger partial charge in [-0.25, -0.2) is 0 Å². The number of amides is 1. The Morgan fingerprint density at radius 2 is 1.83 bits per heavy atom. The highest BCUT2D eigenvalue weighted by Gasteiger charge is 2.42. The first-order valence-corrected chi connectivity index (χ1v) is 9.58. The van der Waals surface area contributed by atoms with E-state index >= 15 is 0 Å². The van der Waals surface area contributed by atoms with Gasteiger partial charge >= 0.3 is 0 Å². The van der Waals surface area contributed by atoms with E-state index in [2.05, 4.69) is 43.6 Å². The number of hydrogen-bond acceptors (Lipinski definition) is 4. The summed E-state index contributed by atoms with van der Waals surface area (Å²) in [5.41, 5.74) is 4.97. The van der Waals surface area contributed by atoms with Crippen molar-refractivity contribution in [2.24, 2.45) is 0 Å². The van der Waals surface area contributed by atoms with Crippen LogP contribution in [0, 0.1) is 0 Å². The molecule has 29 heavy (non-hydrogen) atoms. The first-order chi connectivity index (χ1) is 14.1. The van der Waals surface area contributed by atoms with Gasteiger partial charge in [0, 0.05) is 36.8 Å². The van der Waals surface area contributed by atoms with Crippen LogP contribution in [0.3, 0.4) is 0 Å². The number of pyridine rings is 1. The third-order valence-corrected chi connectivity index (χ3v) is 5.86. The molecule has 5 rings (SSSR count). The van der Waals surface area contributed by atoms with E-state index in [-0.39, 0.29) is 5.91 Å². The minimum atomic E-state index is -0.692. The molecule has 4 aromatic rings. The molecule has 0 spiro atoms. The van der Waals surface area contributed by atoms with Gasteiger partial charge in [0.1, 0.15) is 11.2 Å². The van der Waals surface area contributed by atoms with Crippen LogP contribution in [0.15, 0.2) is 67.0 Å². The molecule has 2 N–H and O–H groups in total. The maximum atomic E-state index is 13.1. The zero-order valence-electron chi connectivity index (χ0n) is 16.3. The second-order valence-corrected chi connectivity index (χ2v) is 7.67. The van der Waals surface area contributed by atoms with Crippen LogP contribution in [0.5, 0.6) is 0 Å². The van der Waals surface area contributed by atoms with Crippen LogP contribution in [-0.4, -0.2) is 33.7 Å². The standard InChI is InChI=1S/C23H21N5O/c1-23(14-15-6-4-3-5-7-15)22(29)25-19-13-18-17(12-20(19)28(23)2)21(27-26-18)16-8-10-24-11-9-16/h3-13H,14H2,1-2H3,(H,25,29)(H,26,27). The number of aromatic amines is 1. The average Bonchev–Trinajstić information content (AvgIpc) is 3.16. The van der Waals surface area contributed by atoms with E-state index in [4.69, 9.17) is 0 Å². The van der Waals surface area contributed by atoms with Crippen LogP contribution in [0.1, 0.15) is 12.5 Å². The normalized spacial score (nSPS) is 18.6. The van der Waals surface area contributed by atoms with Crippen molar-refractivity contribution in [2.45, 2.75) is 18.9 Å². The number of rotatable bonds is 3. The lowest BCUT2D eigenvalue weighted by Gasteiger charge is -2.43. The summed E-state index contributed by atoms with van der Waals surface area (Å²) in [6.07, 6.45) is 4.14. The number of benzene rings is 2. The van der Waals surface area contributed by atoms with Gasteiger partial charge in [-0.05, 0) is 36.8 Å². The summed E-state index contributed by atoms with van der Waals surface area (Å²) in [6.45, 7) is 1.99. The molecular formula is C23H21N5O. The first-order valence-electron chi connectivity index (χ1n) is 9.58. The lowest BCUT2D eigenvalue weighted by molar-refractivity contribution is -0.120. The monoisotopic (exact) mass is 383 g/mol. The highest BCUT2D eigenvalue weighted by Crippen LogP contribution is 2.41. The fourth-order valence-corrected chi connectivity index (χ4v) is 4.03. The largest absolute Gasteiger partial charge is 0.358 e. The van der Waals surface area contributed by atoms with Gasteiger partial charge in [0.2, 0.25) is 5.91 Å². The zero-order valence-corrected chi connectivity index (χ0v) is 16.3. The molecule has 6 nitrogen and oxygen atoms in total. The Hall–Kier alpha value is -3.67. The van der Waals surface area contributed by atoms with Gasteiger partial charge in [0.25, 0.3) is 0 Å². The molecule has 6 heteroatoms. The summed E-state index contributed by atoms with van der Waals surface area (Å²) in [5, 5.41) is 11.7. The maximum Gasteiger partial charge on any atom is 0.250 e. The predicted molar refractivity (Wildman–Crippen MR) is 115 cm³/mol. The number of carbonyl (C=O) groups is 1. The topological polar surface area (TPSA) is 73.9 Å². The highest BCUT2D eigenvalue weighted by molar-refractivity contribution is 6.10. The third-order valence-electron chi connectivity index (χ3n) is 5.86. The van der Waals surface area contributed by atoms with Gasteiger partial charge < -0.3 is 10.2 Å². The molecular weight excluding hydrogens is 362 g/mol. The lowest BCUT2D eigenvalue weighted by Crippen LogP contribution is -2.57. The fourth-order valence-electron chi connectivity index (χ4n) is 4.03. The summed E-state index contributed by atoms with van der Waals surface area (Å²) in [5.74, 6) is -0.00965. The number of H-pyrrole nitrogens is 1. The van der Waals surface area contributed by atoms with Gasteiger partial charge in [-0.3, -0.25) is 14.9 Å². The molecule has 0 saturated heterocycles. The van der Waals surface area contributed by atoms with Crippen molar-refractivity contribution in [1.82, 2.24) is 15.2 Å². The number of likely N-dealkylation sites (N-methyl/N-ethyl adjacent to an activating group) is 1. The quantitative estimate of drug-likeness (QED) is 0.560. The minimum absolute atomic E-state index is 0.00965. The Balaban J connectivity index is 1.61. The number of nitrogens with one attached hydrogen (secondary N) is 2. The van der Waals surface area contributed by atoms with Gasteiger partial charge in [-0.1, -0.05) is 30.3 Å². The Labute approximate surface area is 168 Å². The van der Waals surface area contributed by atoms with Gasteiger partial charge in [0.05, 0.1) is 16.9 Å². The lowest BCUT2D eigenvalue weighted by atomic mass is 9.87. The number of fused-ring (bicyclic) bond motifs is 2. The van der Waals surface area contributed by atoms with Crippen molar-refractivity contribution in [1.29, 1.82) is 0 Å².